The SMILES string of the molecule is CCc1cnc(N2CCN(C(=O)C3CC(O)CN3)CC2)s1. The van der Waals surface area contributed by atoms with E-state index in [2.05, 4.69) is 22.1 Å². The highest BCUT2D eigenvalue weighted by molar-refractivity contribution is 7.15. The number of thiazole rings is 1. The van der Waals surface area contributed by atoms with Gasteiger partial charge in [0.25, 0.3) is 0 Å². The molecule has 116 valence electrons. The molecule has 7 heteroatoms. The van der Waals surface area contributed by atoms with Gasteiger partial charge in [-0.3, -0.25) is 4.79 Å². The highest BCUT2D eigenvalue weighted by Crippen LogP contribution is 2.24. The fourth-order valence-electron chi connectivity index (χ4n) is 2.85. The molecule has 0 aromatic carbocycles. The maximum atomic E-state index is 12.4. The van der Waals surface area contributed by atoms with E-state index in [1.165, 1.54) is 4.88 Å². The number of nitrogens with zero attached hydrogens (tertiary/aromatic N) is 3. The molecular weight excluding hydrogens is 288 g/mol. The van der Waals surface area contributed by atoms with Crippen LogP contribution in [-0.4, -0.2) is 65.8 Å². The first-order chi connectivity index (χ1) is 10.2. The predicted molar refractivity (Wildman–Crippen MR) is 82.7 cm³/mol. The van der Waals surface area contributed by atoms with E-state index in [1.54, 1.807) is 11.3 Å². The highest BCUT2D eigenvalue weighted by Gasteiger charge is 2.32. The van der Waals surface area contributed by atoms with Crippen molar-refractivity contribution in [3.05, 3.63) is 11.1 Å². The van der Waals surface area contributed by atoms with Crippen LogP contribution < -0.4 is 10.2 Å². The topological polar surface area (TPSA) is 68.7 Å². The van der Waals surface area contributed by atoms with Crippen molar-refractivity contribution in [3.63, 3.8) is 0 Å². The molecule has 2 fully saturated rings. The fourth-order valence-corrected chi connectivity index (χ4v) is 3.75. The summed E-state index contributed by atoms with van der Waals surface area (Å²) in [5.41, 5.74) is 0. The number of nitrogens with one attached hydrogen (secondary N) is 1. The van der Waals surface area contributed by atoms with E-state index in [0.29, 0.717) is 13.0 Å². The number of hydrogen-bond acceptors (Lipinski definition) is 6. The third-order valence-corrected chi connectivity index (χ3v) is 5.36. The van der Waals surface area contributed by atoms with Crippen LogP contribution in [-0.2, 0) is 11.2 Å². The first-order valence-corrected chi connectivity index (χ1v) is 8.39. The summed E-state index contributed by atoms with van der Waals surface area (Å²) in [7, 11) is 0. The number of β-amino-alcohol motifs (C(OH)–C–C–N with tert-alkyl or cyclic N) is 1. The molecule has 0 aliphatic carbocycles. The molecule has 21 heavy (non-hydrogen) atoms. The van der Waals surface area contributed by atoms with Gasteiger partial charge in [-0.1, -0.05) is 6.92 Å². The number of aromatic nitrogens is 1. The van der Waals surface area contributed by atoms with Gasteiger partial charge in [-0.15, -0.1) is 11.3 Å². The van der Waals surface area contributed by atoms with Crippen molar-refractivity contribution < 1.29 is 9.90 Å². The summed E-state index contributed by atoms with van der Waals surface area (Å²) in [4.78, 5) is 22.3. The minimum absolute atomic E-state index is 0.125. The van der Waals surface area contributed by atoms with Crippen LogP contribution in [0.4, 0.5) is 5.13 Å². The number of aliphatic hydroxyl groups excluding tert-OH is 1. The molecule has 0 radical (unpaired) electrons. The average molecular weight is 310 g/mol. The molecule has 3 rings (SSSR count). The third-order valence-electron chi connectivity index (χ3n) is 4.16. The van der Waals surface area contributed by atoms with Crippen LogP contribution in [0.5, 0.6) is 0 Å². The second kappa shape index (κ2) is 6.29. The Labute approximate surface area is 128 Å². The first kappa shape index (κ1) is 14.7. The van der Waals surface area contributed by atoms with Crippen molar-refractivity contribution in [2.45, 2.75) is 31.9 Å². The van der Waals surface area contributed by atoms with Gasteiger partial charge in [0.2, 0.25) is 5.91 Å². The molecule has 0 bridgehead atoms. The van der Waals surface area contributed by atoms with E-state index in [-0.39, 0.29) is 18.1 Å². The van der Waals surface area contributed by atoms with Crippen LogP contribution in [0.3, 0.4) is 0 Å². The standard InChI is InChI=1S/C14H22N4O2S/c1-2-11-9-16-14(21-11)18-5-3-17(4-6-18)13(20)12-7-10(19)8-15-12/h9-10,12,15,19H,2-8H2,1H3. The second-order valence-corrected chi connectivity index (χ2v) is 6.72. The van der Waals surface area contributed by atoms with E-state index in [9.17, 15) is 9.90 Å². The zero-order chi connectivity index (χ0) is 14.8. The van der Waals surface area contributed by atoms with E-state index in [0.717, 1.165) is 37.7 Å². The Kier molecular flexibility index (Phi) is 4.42. The quantitative estimate of drug-likeness (QED) is 0.827. The van der Waals surface area contributed by atoms with Gasteiger partial charge in [-0.2, -0.15) is 0 Å². The number of amides is 1. The molecule has 2 N–H and O–H groups in total. The number of rotatable bonds is 3. The monoisotopic (exact) mass is 310 g/mol. The molecule has 2 aliphatic rings. The Morgan fingerprint density at radius 1 is 1.48 bits per heavy atom. The molecule has 1 aromatic rings. The number of piperazine rings is 1. The van der Waals surface area contributed by atoms with Gasteiger partial charge in [-0.05, 0) is 12.8 Å². The van der Waals surface area contributed by atoms with Crippen LogP contribution in [0, 0.1) is 0 Å². The lowest BCUT2D eigenvalue weighted by Gasteiger charge is -2.35. The Morgan fingerprint density at radius 3 is 2.81 bits per heavy atom. The summed E-state index contributed by atoms with van der Waals surface area (Å²) in [6.45, 7) is 5.78. The molecule has 2 saturated heterocycles. The Hall–Kier alpha value is -1.18. The van der Waals surface area contributed by atoms with Gasteiger partial charge in [0.1, 0.15) is 0 Å². The molecule has 1 amide bonds. The zero-order valence-corrected chi connectivity index (χ0v) is 13.1. The third kappa shape index (κ3) is 3.20. The van der Waals surface area contributed by atoms with Gasteiger partial charge in [0.15, 0.2) is 5.13 Å². The average Bonchev–Trinajstić information content (AvgIpc) is 3.15. The summed E-state index contributed by atoms with van der Waals surface area (Å²) >= 11 is 1.74. The summed E-state index contributed by atoms with van der Waals surface area (Å²) in [5, 5.41) is 13.7. The van der Waals surface area contributed by atoms with Crippen LogP contribution in [0.25, 0.3) is 0 Å². The van der Waals surface area contributed by atoms with Crippen LogP contribution >= 0.6 is 11.3 Å². The maximum Gasteiger partial charge on any atom is 0.239 e. The molecule has 1 aromatic heterocycles. The van der Waals surface area contributed by atoms with Gasteiger partial charge >= 0.3 is 0 Å². The summed E-state index contributed by atoms with van der Waals surface area (Å²) < 4.78 is 0. The molecule has 2 aliphatic heterocycles. The smallest absolute Gasteiger partial charge is 0.239 e. The first-order valence-electron chi connectivity index (χ1n) is 7.57. The largest absolute Gasteiger partial charge is 0.392 e. The van der Waals surface area contributed by atoms with Gasteiger partial charge in [0.05, 0.1) is 12.1 Å². The minimum Gasteiger partial charge on any atom is -0.392 e. The number of aliphatic hydroxyl groups is 1. The van der Waals surface area contributed by atoms with Crippen molar-refractivity contribution in [1.29, 1.82) is 0 Å². The van der Waals surface area contributed by atoms with Crippen molar-refractivity contribution in [1.82, 2.24) is 15.2 Å². The number of anilines is 1. The fraction of sp³-hybridized carbons (Fsp3) is 0.714. The van der Waals surface area contributed by atoms with E-state index < -0.39 is 0 Å². The number of aryl methyl sites for hydroxylation is 1. The van der Waals surface area contributed by atoms with Crippen LogP contribution in [0.15, 0.2) is 6.20 Å². The van der Waals surface area contributed by atoms with Crippen molar-refractivity contribution >= 4 is 22.4 Å². The summed E-state index contributed by atoms with van der Waals surface area (Å²) in [6, 6.07) is -0.210. The molecule has 0 spiro atoms. The number of carbonyl (C=O) groups excluding carboxylic acids is 1. The molecule has 3 heterocycles. The van der Waals surface area contributed by atoms with Crippen molar-refractivity contribution in [2.75, 3.05) is 37.6 Å². The zero-order valence-electron chi connectivity index (χ0n) is 12.3. The maximum absolute atomic E-state index is 12.4. The molecule has 2 atom stereocenters. The van der Waals surface area contributed by atoms with Crippen LogP contribution in [0.1, 0.15) is 18.2 Å². The van der Waals surface area contributed by atoms with Gasteiger partial charge < -0.3 is 20.2 Å². The molecule has 2 unspecified atom stereocenters. The number of carbonyl (C=O) groups is 1. The Balaban J connectivity index is 1.54. The molecular formula is C14H22N4O2S. The lowest BCUT2D eigenvalue weighted by molar-refractivity contribution is -0.133. The van der Waals surface area contributed by atoms with Gasteiger partial charge in [-0.25, -0.2) is 4.98 Å². The summed E-state index contributed by atoms with van der Waals surface area (Å²) in [6.07, 6.45) is 3.11. The van der Waals surface area contributed by atoms with E-state index in [4.69, 9.17) is 0 Å². The summed E-state index contributed by atoms with van der Waals surface area (Å²) in [5.74, 6) is 0.125. The van der Waals surface area contributed by atoms with Gasteiger partial charge in [0, 0.05) is 43.8 Å². The van der Waals surface area contributed by atoms with Crippen molar-refractivity contribution in [2.24, 2.45) is 0 Å². The minimum atomic E-state index is -0.386. The highest BCUT2D eigenvalue weighted by atomic mass is 32.1. The van der Waals surface area contributed by atoms with E-state index in [1.807, 2.05) is 11.1 Å². The Bertz CT molecular complexity index is 499. The van der Waals surface area contributed by atoms with Crippen molar-refractivity contribution in [3.8, 4) is 0 Å². The van der Waals surface area contributed by atoms with E-state index >= 15 is 0 Å². The molecule has 6 nitrogen and oxygen atoms in total. The molecule has 0 saturated carbocycles. The lowest BCUT2D eigenvalue weighted by atomic mass is 10.1. The normalized spacial score (nSPS) is 26.4. The Morgan fingerprint density at radius 2 is 2.24 bits per heavy atom. The van der Waals surface area contributed by atoms with Crippen LogP contribution in [0.2, 0.25) is 0 Å². The predicted octanol–water partition coefficient (Wildman–Crippen LogP) is 0.0769. The number of hydrogen-bond donors (Lipinski definition) is 2. The second-order valence-electron chi connectivity index (χ2n) is 5.63. The lowest BCUT2D eigenvalue weighted by Crippen LogP contribution is -2.53.